The molecule has 0 aromatic carbocycles. The normalized spacial score (nSPS) is 16.6. The van der Waals surface area contributed by atoms with E-state index in [1.54, 1.807) is 0 Å². The summed E-state index contributed by atoms with van der Waals surface area (Å²) in [5, 5.41) is 3.60. The summed E-state index contributed by atoms with van der Waals surface area (Å²) in [5.41, 5.74) is 0.425. The van der Waals surface area contributed by atoms with Crippen LogP contribution in [0.2, 0.25) is 5.28 Å². The van der Waals surface area contributed by atoms with Crippen molar-refractivity contribution in [2.75, 3.05) is 29.9 Å². The number of anilines is 2. The molecule has 5 nitrogen and oxygen atoms in total. The SMILES string of the molecule is CCN(CC)c1nc(Cl)nc(NCC2(CC)CCC2)n1. The van der Waals surface area contributed by atoms with Gasteiger partial charge in [-0.2, -0.15) is 15.0 Å². The molecule has 1 saturated carbocycles. The largest absolute Gasteiger partial charge is 0.353 e. The van der Waals surface area contributed by atoms with Crippen molar-refractivity contribution in [3.63, 3.8) is 0 Å². The van der Waals surface area contributed by atoms with Gasteiger partial charge in [0.1, 0.15) is 0 Å². The van der Waals surface area contributed by atoms with Crippen LogP contribution in [0.4, 0.5) is 11.9 Å². The highest BCUT2D eigenvalue weighted by atomic mass is 35.5. The highest BCUT2D eigenvalue weighted by Crippen LogP contribution is 2.43. The van der Waals surface area contributed by atoms with Gasteiger partial charge in [-0.3, -0.25) is 0 Å². The first-order valence-corrected chi connectivity index (χ1v) is 7.90. The van der Waals surface area contributed by atoms with Crippen LogP contribution in [0.25, 0.3) is 0 Å². The van der Waals surface area contributed by atoms with Gasteiger partial charge in [0, 0.05) is 19.6 Å². The summed E-state index contributed by atoms with van der Waals surface area (Å²) in [5.74, 6) is 1.24. The average molecular weight is 298 g/mol. The molecule has 1 N–H and O–H groups in total. The molecule has 1 aliphatic rings. The third kappa shape index (κ3) is 3.32. The Bertz CT molecular complexity index is 438. The van der Waals surface area contributed by atoms with E-state index in [4.69, 9.17) is 11.6 Å². The minimum Gasteiger partial charge on any atom is -0.353 e. The van der Waals surface area contributed by atoms with Gasteiger partial charge in [0.2, 0.25) is 17.2 Å². The standard InChI is InChI=1S/C14H24ClN5/c1-4-14(8-7-9-14)10-16-12-17-11(15)18-13(19-12)20(5-2)6-3/h4-10H2,1-3H3,(H,16,17,18,19). The molecule has 1 heterocycles. The predicted molar refractivity (Wildman–Crippen MR) is 83.5 cm³/mol. The van der Waals surface area contributed by atoms with Gasteiger partial charge in [-0.1, -0.05) is 13.3 Å². The summed E-state index contributed by atoms with van der Waals surface area (Å²) >= 11 is 6.01. The van der Waals surface area contributed by atoms with Crippen molar-refractivity contribution >= 4 is 23.5 Å². The molecule has 2 rings (SSSR count). The molecule has 1 fully saturated rings. The lowest BCUT2D eigenvalue weighted by Crippen LogP contribution is -2.36. The molecule has 1 aromatic rings. The van der Waals surface area contributed by atoms with Crippen LogP contribution in [-0.2, 0) is 0 Å². The van der Waals surface area contributed by atoms with Gasteiger partial charge in [-0.25, -0.2) is 0 Å². The van der Waals surface area contributed by atoms with Crippen molar-refractivity contribution in [1.82, 2.24) is 15.0 Å². The number of nitrogens with one attached hydrogen (secondary N) is 1. The lowest BCUT2D eigenvalue weighted by Gasteiger charge is -2.41. The van der Waals surface area contributed by atoms with Crippen LogP contribution in [0.3, 0.4) is 0 Å². The van der Waals surface area contributed by atoms with Crippen LogP contribution in [0, 0.1) is 5.41 Å². The van der Waals surface area contributed by atoms with Crippen molar-refractivity contribution in [2.24, 2.45) is 5.41 Å². The molecule has 1 aliphatic carbocycles. The maximum atomic E-state index is 6.01. The van der Waals surface area contributed by atoms with Crippen LogP contribution >= 0.6 is 11.6 Å². The van der Waals surface area contributed by atoms with Gasteiger partial charge in [0.05, 0.1) is 0 Å². The van der Waals surface area contributed by atoms with Gasteiger partial charge in [0.15, 0.2) is 0 Å². The van der Waals surface area contributed by atoms with Crippen molar-refractivity contribution in [2.45, 2.75) is 46.5 Å². The molecule has 112 valence electrons. The maximum Gasteiger partial charge on any atom is 0.231 e. The molecular formula is C14H24ClN5. The smallest absolute Gasteiger partial charge is 0.231 e. The molecule has 1 aromatic heterocycles. The fourth-order valence-electron chi connectivity index (χ4n) is 2.67. The summed E-state index contributed by atoms with van der Waals surface area (Å²) in [6.45, 7) is 9.04. The van der Waals surface area contributed by atoms with E-state index in [0.717, 1.165) is 19.6 Å². The number of hydrogen-bond acceptors (Lipinski definition) is 5. The second-order valence-corrected chi connectivity index (χ2v) is 5.80. The van der Waals surface area contributed by atoms with Crippen molar-refractivity contribution in [3.05, 3.63) is 5.28 Å². The number of nitrogens with zero attached hydrogens (tertiary/aromatic N) is 4. The lowest BCUT2D eigenvalue weighted by atomic mass is 9.67. The van der Waals surface area contributed by atoms with Crippen molar-refractivity contribution in [3.8, 4) is 0 Å². The third-order valence-electron chi connectivity index (χ3n) is 4.43. The van der Waals surface area contributed by atoms with E-state index in [9.17, 15) is 0 Å². The van der Waals surface area contributed by atoms with E-state index in [-0.39, 0.29) is 5.28 Å². The van der Waals surface area contributed by atoms with E-state index in [1.807, 2.05) is 0 Å². The predicted octanol–water partition coefficient (Wildman–Crippen LogP) is 3.36. The zero-order valence-electron chi connectivity index (χ0n) is 12.6. The Labute approximate surface area is 126 Å². The highest BCUT2D eigenvalue weighted by Gasteiger charge is 2.34. The number of aromatic nitrogens is 3. The van der Waals surface area contributed by atoms with Crippen LogP contribution in [0.1, 0.15) is 46.5 Å². The quantitative estimate of drug-likeness (QED) is 0.836. The zero-order valence-corrected chi connectivity index (χ0v) is 13.4. The monoisotopic (exact) mass is 297 g/mol. The van der Waals surface area contributed by atoms with Gasteiger partial charge in [0.25, 0.3) is 0 Å². The second-order valence-electron chi connectivity index (χ2n) is 5.46. The summed E-state index contributed by atoms with van der Waals surface area (Å²) in [6.07, 6.45) is 5.11. The Morgan fingerprint density at radius 3 is 2.35 bits per heavy atom. The van der Waals surface area contributed by atoms with Gasteiger partial charge in [-0.15, -0.1) is 0 Å². The lowest BCUT2D eigenvalue weighted by molar-refractivity contribution is 0.144. The minimum absolute atomic E-state index is 0.253. The Morgan fingerprint density at radius 1 is 1.15 bits per heavy atom. The van der Waals surface area contributed by atoms with E-state index >= 15 is 0 Å². The third-order valence-corrected chi connectivity index (χ3v) is 4.60. The fourth-order valence-corrected chi connectivity index (χ4v) is 2.82. The Morgan fingerprint density at radius 2 is 1.85 bits per heavy atom. The summed E-state index contributed by atoms with van der Waals surface area (Å²) in [7, 11) is 0. The molecule has 6 heteroatoms. The summed E-state index contributed by atoms with van der Waals surface area (Å²) < 4.78 is 0. The van der Waals surface area contributed by atoms with Crippen molar-refractivity contribution in [1.29, 1.82) is 0 Å². The van der Waals surface area contributed by atoms with Crippen LogP contribution in [0.5, 0.6) is 0 Å². The zero-order chi connectivity index (χ0) is 14.6. The molecule has 0 radical (unpaired) electrons. The fraction of sp³-hybridized carbons (Fsp3) is 0.786. The average Bonchev–Trinajstić information content (AvgIpc) is 2.39. The molecule has 0 aliphatic heterocycles. The Balaban J connectivity index is 2.07. The molecule has 0 amide bonds. The van der Waals surface area contributed by atoms with Crippen LogP contribution in [0.15, 0.2) is 0 Å². The molecule has 0 bridgehead atoms. The van der Waals surface area contributed by atoms with Crippen LogP contribution in [-0.4, -0.2) is 34.6 Å². The van der Waals surface area contributed by atoms with Crippen molar-refractivity contribution < 1.29 is 0 Å². The number of hydrogen-bond donors (Lipinski definition) is 1. The molecule has 20 heavy (non-hydrogen) atoms. The van der Waals surface area contributed by atoms with Gasteiger partial charge < -0.3 is 10.2 Å². The first-order chi connectivity index (χ1) is 9.62. The number of rotatable bonds is 7. The molecule has 0 spiro atoms. The first kappa shape index (κ1) is 15.3. The molecular weight excluding hydrogens is 274 g/mol. The molecule has 0 unspecified atom stereocenters. The maximum absolute atomic E-state index is 6.01. The number of halogens is 1. The summed E-state index contributed by atoms with van der Waals surface area (Å²) in [6, 6.07) is 0. The first-order valence-electron chi connectivity index (χ1n) is 7.53. The highest BCUT2D eigenvalue weighted by molar-refractivity contribution is 6.28. The van der Waals surface area contributed by atoms with E-state index in [2.05, 4.69) is 45.9 Å². The van der Waals surface area contributed by atoms with Gasteiger partial charge >= 0.3 is 0 Å². The minimum atomic E-state index is 0.253. The second kappa shape index (κ2) is 6.57. The summed E-state index contributed by atoms with van der Waals surface area (Å²) in [4.78, 5) is 14.9. The Hall–Kier alpha value is -1.10. The van der Waals surface area contributed by atoms with E-state index in [0.29, 0.717) is 17.3 Å². The van der Waals surface area contributed by atoms with E-state index in [1.165, 1.54) is 25.7 Å². The molecule has 0 saturated heterocycles. The molecule has 0 atom stereocenters. The van der Waals surface area contributed by atoms with Gasteiger partial charge in [-0.05, 0) is 50.1 Å². The van der Waals surface area contributed by atoms with E-state index < -0.39 is 0 Å². The topological polar surface area (TPSA) is 53.9 Å². The Kier molecular flexibility index (Phi) is 5.02. The van der Waals surface area contributed by atoms with Crippen LogP contribution < -0.4 is 10.2 Å².